The Morgan fingerprint density at radius 1 is 1.53 bits per heavy atom. The van der Waals surface area contributed by atoms with Crippen LogP contribution in [0.4, 0.5) is 0 Å². The summed E-state index contributed by atoms with van der Waals surface area (Å²) >= 11 is 1.30. The molecule has 0 fully saturated rings. The van der Waals surface area contributed by atoms with E-state index in [0.29, 0.717) is 4.70 Å². The Hall–Kier alpha value is -1.66. The van der Waals surface area contributed by atoms with Gasteiger partial charge in [0.15, 0.2) is 0 Å². The molecule has 6 heteroatoms. The van der Waals surface area contributed by atoms with Gasteiger partial charge in [-0.15, -0.1) is 11.3 Å². The van der Waals surface area contributed by atoms with E-state index in [4.69, 9.17) is 4.74 Å². The third-order valence-electron chi connectivity index (χ3n) is 3.03. The number of thiophene rings is 1. The zero-order chi connectivity index (χ0) is 14.2. The van der Waals surface area contributed by atoms with Gasteiger partial charge >= 0.3 is 5.97 Å². The number of ether oxygens (including phenoxy) is 1. The zero-order valence-electron chi connectivity index (χ0n) is 11.0. The summed E-state index contributed by atoms with van der Waals surface area (Å²) in [5.74, 6) is -0.680. The van der Waals surface area contributed by atoms with Crippen molar-refractivity contribution < 1.29 is 14.6 Å². The highest BCUT2D eigenvalue weighted by Crippen LogP contribution is 2.25. The van der Waals surface area contributed by atoms with Crippen molar-refractivity contribution in [3.05, 3.63) is 32.4 Å². The lowest BCUT2D eigenvalue weighted by molar-refractivity contribution is 0.0520. The fourth-order valence-electron chi connectivity index (χ4n) is 2.16. The van der Waals surface area contributed by atoms with E-state index in [0.717, 1.165) is 11.1 Å². The lowest BCUT2D eigenvalue weighted by atomic mass is 10.1. The third-order valence-corrected chi connectivity index (χ3v) is 4.12. The first kappa shape index (κ1) is 13.8. The van der Waals surface area contributed by atoms with Crippen LogP contribution < -0.4 is 5.43 Å². The minimum atomic E-state index is -0.680. The molecule has 0 atom stereocenters. The maximum atomic E-state index is 12.4. The van der Waals surface area contributed by atoms with Gasteiger partial charge < -0.3 is 14.4 Å². The number of aromatic nitrogens is 1. The van der Waals surface area contributed by atoms with Crippen LogP contribution in [0.5, 0.6) is 0 Å². The predicted molar refractivity (Wildman–Crippen MR) is 73.7 cm³/mol. The number of aryl methyl sites for hydroxylation is 2. The van der Waals surface area contributed by atoms with Crippen LogP contribution in [0.25, 0.3) is 10.2 Å². The maximum Gasteiger partial charge on any atom is 0.344 e. The number of pyridine rings is 1. The summed E-state index contributed by atoms with van der Waals surface area (Å²) in [6.45, 7) is 3.37. The molecule has 0 aliphatic rings. The van der Waals surface area contributed by atoms with Gasteiger partial charge in [-0.1, -0.05) is 0 Å². The van der Waals surface area contributed by atoms with Gasteiger partial charge in [0, 0.05) is 7.05 Å². The molecule has 0 unspecified atom stereocenters. The van der Waals surface area contributed by atoms with Gasteiger partial charge in [0.1, 0.15) is 5.56 Å². The number of carbonyl (C=O) groups excluding carboxylic acids is 1. The molecular weight excluding hydrogens is 266 g/mol. The number of fused-ring (bicyclic) bond motifs is 1. The molecule has 0 amide bonds. The number of aliphatic hydroxyl groups is 1. The fraction of sp³-hybridized carbons (Fsp3) is 0.385. The second-order valence-corrected chi connectivity index (χ2v) is 5.06. The molecular formula is C13H15NO4S. The largest absolute Gasteiger partial charge is 0.462 e. The van der Waals surface area contributed by atoms with Gasteiger partial charge in [0.05, 0.1) is 29.1 Å². The van der Waals surface area contributed by atoms with Crippen LogP contribution in [0.15, 0.2) is 10.2 Å². The molecule has 2 rings (SSSR count). The Morgan fingerprint density at radius 2 is 2.21 bits per heavy atom. The molecule has 2 aromatic heterocycles. The van der Waals surface area contributed by atoms with Crippen LogP contribution in [0.3, 0.4) is 0 Å². The Balaban J connectivity index is 2.87. The first-order chi connectivity index (χ1) is 9.02. The number of hydrogen-bond donors (Lipinski definition) is 1. The highest BCUT2D eigenvalue weighted by atomic mass is 32.1. The summed E-state index contributed by atoms with van der Waals surface area (Å²) in [6, 6.07) is 0. The van der Waals surface area contributed by atoms with Crippen LogP contribution in [0, 0.1) is 6.92 Å². The molecule has 0 saturated heterocycles. The van der Waals surface area contributed by atoms with Crippen LogP contribution in [-0.2, 0) is 18.4 Å². The minimum Gasteiger partial charge on any atom is -0.462 e. The Kier molecular flexibility index (Phi) is 3.73. The first-order valence-electron chi connectivity index (χ1n) is 5.90. The minimum absolute atomic E-state index is 0.0683. The predicted octanol–water partition coefficient (Wildman–Crippen LogP) is 1.58. The molecule has 2 heterocycles. The van der Waals surface area contributed by atoms with Crippen molar-refractivity contribution in [1.82, 2.24) is 4.57 Å². The van der Waals surface area contributed by atoms with E-state index in [-0.39, 0.29) is 29.9 Å². The lowest BCUT2D eigenvalue weighted by Crippen LogP contribution is -2.24. The van der Waals surface area contributed by atoms with Crippen LogP contribution in [0.1, 0.15) is 28.5 Å². The summed E-state index contributed by atoms with van der Waals surface area (Å²) in [7, 11) is 1.73. The SMILES string of the molecule is CCOC(=O)c1c(CO)n(C)c2c(C)csc2c1=O. The molecule has 0 aliphatic carbocycles. The van der Waals surface area contributed by atoms with Crippen molar-refractivity contribution in [3.63, 3.8) is 0 Å². The summed E-state index contributed by atoms with van der Waals surface area (Å²) in [4.78, 5) is 24.3. The highest BCUT2D eigenvalue weighted by Gasteiger charge is 2.23. The van der Waals surface area contributed by atoms with Crippen molar-refractivity contribution in [2.75, 3.05) is 6.61 Å². The van der Waals surface area contributed by atoms with Crippen LogP contribution >= 0.6 is 11.3 Å². The highest BCUT2D eigenvalue weighted by molar-refractivity contribution is 7.17. The number of hydrogen-bond acceptors (Lipinski definition) is 5. The van der Waals surface area contributed by atoms with E-state index in [9.17, 15) is 14.7 Å². The van der Waals surface area contributed by atoms with Gasteiger partial charge in [-0.05, 0) is 24.8 Å². The smallest absolute Gasteiger partial charge is 0.344 e. The summed E-state index contributed by atoms with van der Waals surface area (Å²) < 4.78 is 7.11. The summed E-state index contributed by atoms with van der Waals surface area (Å²) in [5.41, 5.74) is 1.56. The molecule has 0 saturated carbocycles. The van der Waals surface area contributed by atoms with Gasteiger partial charge in [-0.25, -0.2) is 4.79 Å². The van der Waals surface area contributed by atoms with E-state index in [1.165, 1.54) is 11.3 Å². The number of aliphatic hydroxyl groups excluding tert-OH is 1. The topological polar surface area (TPSA) is 68.5 Å². The molecule has 0 radical (unpaired) electrons. The van der Waals surface area contributed by atoms with Gasteiger partial charge in [-0.2, -0.15) is 0 Å². The van der Waals surface area contributed by atoms with Crippen molar-refractivity contribution in [2.24, 2.45) is 7.05 Å². The molecule has 0 aliphatic heterocycles. The molecule has 1 N–H and O–H groups in total. The molecule has 2 aromatic rings. The average molecular weight is 281 g/mol. The second kappa shape index (κ2) is 5.14. The standard InChI is InChI=1S/C13H15NO4S/c1-4-18-13(17)9-8(5-15)14(3)10-7(2)6-19-12(10)11(9)16/h6,15H,4-5H2,1-3H3. The van der Waals surface area contributed by atoms with Gasteiger partial charge in [0.2, 0.25) is 5.43 Å². The average Bonchev–Trinajstić information content (AvgIpc) is 2.76. The Labute approximate surface area is 114 Å². The van der Waals surface area contributed by atoms with Crippen molar-refractivity contribution >= 4 is 27.5 Å². The summed E-state index contributed by atoms with van der Waals surface area (Å²) in [5, 5.41) is 11.3. The number of nitrogens with zero attached hydrogens (tertiary/aromatic N) is 1. The molecule has 5 nitrogen and oxygen atoms in total. The van der Waals surface area contributed by atoms with E-state index in [1.807, 2.05) is 12.3 Å². The lowest BCUT2D eigenvalue weighted by Gasteiger charge is -2.13. The second-order valence-electron chi connectivity index (χ2n) is 4.18. The number of esters is 1. The maximum absolute atomic E-state index is 12.4. The van der Waals surface area contributed by atoms with Crippen LogP contribution in [0.2, 0.25) is 0 Å². The Bertz CT molecular complexity index is 699. The molecule has 0 aromatic carbocycles. The summed E-state index contributed by atoms with van der Waals surface area (Å²) in [6.07, 6.45) is 0. The zero-order valence-corrected chi connectivity index (χ0v) is 11.8. The molecule has 0 bridgehead atoms. The molecule has 102 valence electrons. The van der Waals surface area contributed by atoms with Gasteiger partial charge in [0.25, 0.3) is 0 Å². The van der Waals surface area contributed by atoms with Crippen molar-refractivity contribution in [2.45, 2.75) is 20.5 Å². The third kappa shape index (κ3) is 2.06. The Morgan fingerprint density at radius 3 is 2.79 bits per heavy atom. The molecule has 0 spiro atoms. The fourth-order valence-corrected chi connectivity index (χ4v) is 3.19. The van der Waals surface area contributed by atoms with Crippen LogP contribution in [-0.4, -0.2) is 22.2 Å². The normalized spacial score (nSPS) is 10.9. The monoisotopic (exact) mass is 281 g/mol. The van der Waals surface area contributed by atoms with Crippen molar-refractivity contribution in [1.29, 1.82) is 0 Å². The van der Waals surface area contributed by atoms with E-state index in [2.05, 4.69) is 0 Å². The first-order valence-corrected chi connectivity index (χ1v) is 6.78. The van der Waals surface area contributed by atoms with E-state index < -0.39 is 5.97 Å². The van der Waals surface area contributed by atoms with Crippen molar-refractivity contribution in [3.8, 4) is 0 Å². The van der Waals surface area contributed by atoms with Gasteiger partial charge in [-0.3, -0.25) is 4.79 Å². The van der Waals surface area contributed by atoms with E-state index in [1.54, 1.807) is 18.5 Å². The number of carbonyl (C=O) groups is 1. The van der Waals surface area contributed by atoms with E-state index >= 15 is 0 Å². The quantitative estimate of drug-likeness (QED) is 0.867. The number of rotatable bonds is 3. The molecule has 19 heavy (non-hydrogen) atoms.